The van der Waals surface area contributed by atoms with Crippen LogP contribution in [0.1, 0.15) is 19.4 Å². The first-order chi connectivity index (χ1) is 12.1. The molecule has 1 N–H and O–H groups in total. The van der Waals surface area contributed by atoms with E-state index in [-0.39, 0.29) is 5.91 Å². The van der Waals surface area contributed by atoms with Gasteiger partial charge in [-0.2, -0.15) is 0 Å². The van der Waals surface area contributed by atoms with Gasteiger partial charge >= 0.3 is 0 Å². The summed E-state index contributed by atoms with van der Waals surface area (Å²) in [6.07, 6.45) is 0. The fourth-order valence-corrected chi connectivity index (χ4v) is 2.99. The Hall–Kier alpha value is -2.08. The van der Waals surface area contributed by atoms with Crippen molar-refractivity contribution in [2.24, 2.45) is 4.99 Å². The number of piperazine rings is 1. The Bertz CT molecular complexity index is 552. The standard InChI is InChI=1S/C19H31N5O/c1-4-20-19(22(3)16-18-8-6-5-7-9-18)21-10-11-23-12-14-24(15-13-23)17(2)25/h5-9H,4,10-16H2,1-3H3,(H,20,21). The summed E-state index contributed by atoms with van der Waals surface area (Å²) in [5, 5.41) is 3.37. The van der Waals surface area contributed by atoms with E-state index in [1.807, 2.05) is 11.0 Å². The van der Waals surface area contributed by atoms with Crippen molar-refractivity contribution in [1.29, 1.82) is 0 Å². The average molecular weight is 345 g/mol. The fraction of sp³-hybridized carbons (Fsp3) is 0.579. The van der Waals surface area contributed by atoms with E-state index in [1.54, 1.807) is 6.92 Å². The lowest BCUT2D eigenvalue weighted by Gasteiger charge is -2.33. The van der Waals surface area contributed by atoms with E-state index in [0.29, 0.717) is 0 Å². The van der Waals surface area contributed by atoms with Gasteiger partial charge in [0.25, 0.3) is 0 Å². The van der Waals surface area contributed by atoms with Gasteiger partial charge in [0.2, 0.25) is 5.91 Å². The first-order valence-corrected chi connectivity index (χ1v) is 9.11. The minimum atomic E-state index is 0.176. The van der Waals surface area contributed by atoms with Crippen LogP contribution in [0.2, 0.25) is 0 Å². The molecular weight excluding hydrogens is 314 g/mol. The molecule has 0 aliphatic carbocycles. The second kappa shape index (κ2) is 10.0. The summed E-state index contributed by atoms with van der Waals surface area (Å²) in [5.74, 6) is 1.11. The summed E-state index contributed by atoms with van der Waals surface area (Å²) >= 11 is 0. The van der Waals surface area contributed by atoms with Gasteiger partial charge in [-0.05, 0) is 12.5 Å². The van der Waals surface area contributed by atoms with Crippen molar-refractivity contribution in [2.45, 2.75) is 20.4 Å². The number of carbonyl (C=O) groups is 1. The van der Waals surface area contributed by atoms with Crippen LogP contribution in [-0.4, -0.2) is 79.4 Å². The van der Waals surface area contributed by atoms with Crippen molar-refractivity contribution < 1.29 is 4.79 Å². The monoisotopic (exact) mass is 345 g/mol. The van der Waals surface area contributed by atoms with Crippen LogP contribution in [0.25, 0.3) is 0 Å². The Kier molecular flexibility index (Phi) is 7.73. The Morgan fingerprint density at radius 2 is 1.88 bits per heavy atom. The van der Waals surface area contributed by atoms with Crippen molar-refractivity contribution in [1.82, 2.24) is 20.0 Å². The number of nitrogens with one attached hydrogen (secondary N) is 1. The van der Waals surface area contributed by atoms with E-state index >= 15 is 0 Å². The third-order valence-electron chi connectivity index (χ3n) is 4.45. The first kappa shape index (κ1) is 19.2. The first-order valence-electron chi connectivity index (χ1n) is 9.11. The molecule has 1 aromatic rings. The molecule has 0 bridgehead atoms. The smallest absolute Gasteiger partial charge is 0.219 e. The minimum Gasteiger partial charge on any atom is -0.357 e. The highest BCUT2D eigenvalue weighted by Crippen LogP contribution is 2.04. The average Bonchev–Trinajstić information content (AvgIpc) is 2.62. The maximum atomic E-state index is 11.4. The number of hydrogen-bond acceptors (Lipinski definition) is 3. The van der Waals surface area contributed by atoms with Gasteiger partial charge in [-0.25, -0.2) is 0 Å². The molecular formula is C19H31N5O. The van der Waals surface area contributed by atoms with E-state index in [1.165, 1.54) is 5.56 Å². The number of guanidine groups is 1. The molecule has 1 aromatic carbocycles. The zero-order valence-corrected chi connectivity index (χ0v) is 15.7. The molecule has 1 saturated heterocycles. The highest BCUT2D eigenvalue weighted by Gasteiger charge is 2.17. The number of aliphatic imine (C=N–C) groups is 1. The molecule has 0 saturated carbocycles. The zero-order chi connectivity index (χ0) is 18.1. The van der Waals surface area contributed by atoms with E-state index < -0.39 is 0 Å². The molecule has 0 aromatic heterocycles. The predicted octanol–water partition coefficient (Wildman–Crippen LogP) is 1.25. The van der Waals surface area contributed by atoms with E-state index in [4.69, 9.17) is 4.99 Å². The van der Waals surface area contributed by atoms with E-state index in [0.717, 1.165) is 58.3 Å². The minimum absolute atomic E-state index is 0.176. The van der Waals surface area contributed by atoms with Gasteiger partial charge in [-0.15, -0.1) is 0 Å². The normalized spacial score (nSPS) is 16.0. The molecule has 0 spiro atoms. The third kappa shape index (κ3) is 6.38. The maximum Gasteiger partial charge on any atom is 0.219 e. The van der Waals surface area contributed by atoms with Gasteiger partial charge in [-0.3, -0.25) is 14.7 Å². The summed E-state index contributed by atoms with van der Waals surface area (Å²) in [6, 6.07) is 10.4. The molecule has 2 rings (SSSR count). The molecule has 0 unspecified atom stereocenters. The molecule has 138 valence electrons. The van der Waals surface area contributed by atoms with Crippen molar-refractivity contribution in [3.8, 4) is 0 Å². The van der Waals surface area contributed by atoms with Gasteiger partial charge < -0.3 is 15.1 Å². The molecule has 6 heteroatoms. The number of benzene rings is 1. The van der Waals surface area contributed by atoms with Crippen LogP contribution in [0.5, 0.6) is 0 Å². The molecule has 6 nitrogen and oxygen atoms in total. The summed E-state index contributed by atoms with van der Waals surface area (Å²) in [7, 11) is 2.07. The van der Waals surface area contributed by atoms with Crippen LogP contribution in [0.4, 0.5) is 0 Å². The van der Waals surface area contributed by atoms with Gasteiger partial charge in [0, 0.05) is 59.8 Å². The molecule has 1 aliphatic rings. The molecule has 0 atom stereocenters. The number of hydrogen-bond donors (Lipinski definition) is 1. The van der Waals surface area contributed by atoms with Crippen LogP contribution in [0, 0.1) is 0 Å². The lowest BCUT2D eigenvalue weighted by molar-refractivity contribution is -0.130. The largest absolute Gasteiger partial charge is 0.357 e. The lowest BCUT2D eigenvalue weighted by Crippen LogP contribution is -2.48. The zero-order valence-electron chi connectivity index (χ0n) is 15.7. The molecule has 25 heavy (non-hydrogen) atoms. The Morgan fingerprint density at radius 1 is 1.20 bits per heavy atom. The van der Waals surface area contributed by atoms with Crippen molar-refractivity contribution in [2.75, 3.05) is 52.9 Å². The summed E-state index contributed by atoms with van der Waals surface area (Å²) in [5.41, 5.74) is 1.27. The molecule has 1 amide bonds. The molecule has 0 radical (unpaired) electrons. The second-order valence-corrected chi connectivity index (χ2v) is 6.43. The quantitative estimate of drug-likeness (QED) is 0.623. The third-order valence-corrected chi connectivity index (χ3v) is 4.45. The van der Waals surface area contributed by atoms with Gasteiger partial charge in [-0.1, -0.05) is 30.3 Å². The lowest BCUT2D eigenvalue weighted by atomic mass is 10.2. The van der Waals surface area contributed by atoms with Crippen LogP contribution in [-0.2, 0) is 11.3 Å². The Labute approximate surface area is 151 Å². The molecule has 1 aliphatic heterocycles. The number of rotatable bonds is 6. The van der Waals surface area contributed by atoms with Crippen molar-refractivity contribution >= 4 is 11.9 Å². The van der Waals surface area contributed by atoms with Gasteiger partial charge in [0.1, 0.15) is 0 Å². The van der Waals surface area contributed by atoms with Crippen molar-refractivity contribution in [3.63, 3.8) is 0 Å². The van der Waals surface area contributed by atoms with Gasteiger partial charge in [0.15, 0.2) is 5.96 Å². The summed E-state index contributed by atoms with van der Waals surface area (Å²) in [4.78, 5) is 22.6. The van der Waals surface area contributed by atoms with E-state index in [9.17, 15) is 4.79 Å². The fourth-order valence-electron chi connectivity index (χ4n) is 2.99. The molecule has 1 heterocycles. The van der Waals surface area contributed by atoms with Crippen LogP contribution >= 0.6 is 0 Å². The Morgan fingerprint density at radius 3 is 2.48 bits per heavy atom. The Balaban J connectivity index is 1.82. The number of carbonyl (C=O) groups excluding carboxylic acids is 1. The second-order valence-electron chi connectivity index (χ2n) is 6.43. The SMILES string of the molecule is CCNC(=NCCN1CCN(C(C)=O)CC1)N(C)Cc1ccccc1. The maximum absolute atomic E-state index is 11.4. The van der Waals surface area contributed by atoms with Gasteiger partial charge in [0.05, 0.1) is 6.54 Å². The highest BCUT2D eigenvalue weighted by molar-refractivity contribution is 5.79. The van der Waals surface area contributed by atoms with Crippen molar-refractivity contribution in [3.05, 3.63) is 35.9 Å². The summed E-state index contributed by atoms with van der Waals surface area (Å²) in [6.45, 7) is 10.6. The molecule has 1 fully saturated rings. The summed E-state index contributed by atoms with van der Waals surface area (Å²) < 4.78 is 0. The predicted molar refractivity (Wildman–Crippen MR) is 103 cm³/mol. The van der Waals surface area contributed by atoms with Crippen LogP contribution < -0.4 is 5.32 Å². The van der Waals surface area contributed by atoms with E-state index in [2.05, 4.69) is 53.4 Å². The number of amides is 1. The topological polar surface area (TPSA) is 51.2 Å². The van der Waals surface area contributed by atoms with Crippen LogP contribution in [0.3, 0.4) is 0 Å². The highest BCUT2D eigenvalue weighted by atomic mass is 16.2. The van der Waals surface area contributed by atoms with Crippen LogP contribution in [0.15, 0.2) is 35.3 Å². The number of nitrogens with zero attached hydrogens (tertiary/aromatic N) is 4.